The van der Waals surface area contributed by atoms with E-state index in [1.165, 1.54) is 0 Å². The first kappa shape index (κ1) is 16.3. The van der Waals surface area contributed by atoms with Gasteiger partial charge < -0.3 is 15.0 Å². The second-order valence-corrected chi connectivity index (χ2v) is 6.01. The Morgan fingerprint density at radius 3 is 2.76 bits per heavy atom. The number of hydrogen-bond acceptors (Lipinski definition) is 3. The van der Waals surface area contributed by atoms with E-state index in [0.29, 0.717) is 12.1 Å². The molecule has 0 saturated carbocycles. The molecule has 1 fully saturated rings. The maximum absolute atomic E-state index is 12.4. The van der Waals surface area contributed by atoms with Crippen molar-refractivity contribution in [2.24, 2.45) is 0 Å². The van der Waals surface area contributed by atoms with Crippen molar-refractivity contribution in [1.82, 2.24) is 15.1 Å². The maximum Gasteiger partial charge on any atom is 0.317 e. The summed E-state index contributed by atoms with van der Waals surface area (Å²) in [6.45, 7) is 6.53. The molecule has 2 amide bonds. The van der Waals surface area contributed by atoms with E-state index in [1.54, 1.807) is 7.11 Å². The summed E-state index contributed by atoms with van der Waals surface area (Å²) >= 11 is 0. The molecule has 0 unspecified atom stereocenters. The number of urea groups is 1. The molecular weight excluding hydrogens is 266 g/mol. The van der Waals surface area contributed by atoms with Gasteiger partial charge in [-0.1, -0.05) is 25.5 Å². The van der Waals surface area contributed by atoms with Gasteiger partial charge in [-0.25, -0.2) is 4.79 Å². The molecule has 2 rings (SSSR count). The summed E-state index contributed by atoms with van der Waals surface area (Å²) in [5.74, 6) is 0. The molecule has 0 bridgehead atoms. The van der Waals surface area contributed by atoms with E-state index in [1.807, 2.05) is 4.90 Å². The van der Waals surface area contributed by atoms with Crippen molar-refractivity contribution in [3.05, 3.63) is 12.2 Å². The van der Waals surface area contributed by atoms with Crippen molar-refractivity contribution in [2.45, 2.75) is 44.7 Å². The molecule has 0 spiro atoms. The second kappa shape index (κ2) is 8.39. The molecule has 120 valence electrons. The van der Waals surface area contributed by atoms with E-state index >= 15 is 0 Å². The zero-order chi connectivity index (χ0) is 15.1. The van der Waals surface area contributed by atoms with Gasteiger partial charge in [-0.15, -0.1) is 0 Å². The highest BCUT2D eigenvalue weighted by Gasteiger charge is 2.29. The molecule has 2 aliphatic rings. The van der Waals surface area contributed by atoms with Gasteiger partial charge in [0.05, 0.1) is 6.61 Å². The third kappa shape index (κ3) is 4.71. The average molecular weight is 295 g/mol. The fraction of sp³-hybridized carbons (Fsp3) is 0.812. The minimum atomic E-state index is 0.108. The molecule has 0 aromatic heterocycles. The average Bonchev–Trinajstić information content (AvgIpc) is 2.99. The number of carbonyl (C=O) groups is 1. The standard InChI is InChI=1S/C16H29N3O2/c1-3-6-15-13-19(10-9-18(15)11-12-21-2)16(20)17-14-7-4-5-8-14/h4-5,14-15H,3,6-13H2,1-2H3,(H,17,20)/t15-/m0/s1. The molecule has 0 aromatic rings. The lowest BCUT2D eigenvalue weighted by Gasteiger charge is -2.41. The van der Waals surface area contributed by atoms with E-state index in [9.17, 15) is 4.79 Å². The lowest BCUT2D eigenvalue weighted by atomic mass is 10.1. The van der Waals surface area contributed by atoms with Crippen LogP contribution in [0.3, 0.4) is 0 Å². The van der Waals surface area contributed by atoms with Crippen LogP contribution in [0, 0.1) is 0 Å². The highest BCUT2D eigenvalue weighted by atomic mass is 16.5. The van der Waals surface area contributed by atoms with Crippen LogP contribution in [0.25, 0.3) is 0 Å². The Hall–Kier alpha value is -1.07. The predicted octanol–water partition coefficient (Wildman–Crippen LogP) is 1.85. The van der Waals surface area contributed by atoms with Crippen LogP contribution in [0.5, 0.6) is 0 Å². The van der Waals surface area contributed by atoms with E-state index in [2.05, 4.69) is 29.3 Å². The van der Waals surface area contributed by atoms with Gasteiger partial charge >= 0.3 is 6.03 Å². The zero-order valence-corrected chi connectivity index (χ0v) is 13.4. The normalized spacial score (nSPS) is 23.7. The molecule has 0 radical (unpaired) electrons. The Labute approximate surface area is 128 Å². The number of hydrogen-bond donors (Lipinski definition) is 1. The summed E-state index contributed by atoms with van der Waals surface area (Å²) in [5.41, 5.74) is 0. The van der Waals surface area contributed by atoms with Crippen LogP contribution in [0.1, 0.15) is 32.6 Å². The fourth-order valence-corrected chi connectivity index (χ4v) is 3.19. The molecule has 5 heteroatoms. The van der Waals surface area contributed by atoms with Gasteiger partial charge in [-0.3, -0.25) is 4.90 Å². The summed E-state index contributed by atoms with van der Waals surface area (Å²) in [7, 11) is 1.74. The smallest absolute Gasteiger partial charge is 0.317 e. The Morgan fingerprint density at radius 2 is 2.10 bits per heavy atom. The van der Waals surface area contributed by atoms with Gasteiger partial charge in [0.1, 0.15) is 0 Å². The van der Waals surface area contributed by atoms with E-state index < -0.39 is 0 Å². The van der Waals surface area contributed by atoms with Gasteiger partial charge in [-0.05, 0) is 19.3 Å². The van der Waals surface area contributed by atoms with Crippen molar-refractivity contribution in [3.63, 3.8) is 0 Å². The first-order valence-electron chi connectivity index (χ1n) is 8.18. The van der Waals surface area contributed by atoms with E-state index in [4.69, 9.17) is 4.74 Å². The maximum atomic E-state index is 12.4. The minimum Gasteiger partial charge on any atom is -0.383 e. The molecule has 0 aromatic carbocycles. The molecule has 21 heavy (non-hydrogen) atoms. The number of methoxy groups -OCH3 is 1. The third-order valence-electron chi connectivity index (χ3n) is 4.43. The topological polar surface area (TPSA) is 44.8 Å². The second-order valence-electron chi connectivity index (χ2n) is 6.01. The van der Waals surface area contributed by atoms with Gasteiger partial charge in [0.15, 0.2) is 0 Å². The number of nitrogens with one attached hydrogen (secondary N) is 1. The van der Waals surface area contributed by atoms with Crippen molar-refractivity contribution in [3.8, 4) is 0 Å². The Balaban J connectivity index is 1.83. The summed E-state index contributed by atoms with van der Waals surface area (Å²) in [4.78, 5) is 16.8. The van der Waals surface area contributed by atoms with Crippen molar-refractivity contribution >= 4 is 6.03 Å². The number of rotatable bonds is 6. The molecule has 1 aliphatic carbocycles. The van der Waals surface area contributed by atoms with Gasteiger partial charge in [0.25, 0.3) is 0 Å². The Morgan fingerprint density at radius 1 is 1.33 bits per heavy atom. The molecule has 1 N–H and O–H groups in total. The summed E-state index contributed by atoms with van der Waals surface area (Å²) in [6, 6.07) is 0.871. The van der Waals surface area contributed by atoms with Crippen LogP contribution in [0.15, 0.2) is 12.2 Å². The molecule has 1 heterocycles. The van der Waals surface area contributed by atoms with Crippen molar-refractivity contribution in [1.29, 1.82) is 0 Å². The van der Waals surface area contributed by atoms with E-state index in [-0.39, 0.29) is 6.03 Å². The molecule has 1 atom stereocenters. The largest absolute Gasteiger partial charge is 0.383 e. The van der Waals surface area contributed by atoms with Gasteiger partial charge in [0.2, 0.25) is 0 Å². The van der Waals surface area contributed by atoms with Crippen molar-refractivity contribution < 1.29 is 9.53 Å². The highest BCUT2D eigenvalue weighted by Crippen LogP contribution is 2.16. The van der Waals surface area contributed by atoms with Crippen LogP contribution in [-0.4, -0.2) is 67.8 Å². The summed E-state index contributed by atoms with van der Waals surface area (Å²) in [5, 5.41) is 3.15. The van der Waals surface area contributed by atoms with E-state index in [0.717, 1.165) is 58.5 Å². The highest BCUT2D eigenvalue weighted by molar-refractivity contribution is 5.74. The van der Waals surface area contributed by atoms with Crippen molar-refractivity contribution in [2.75, 3.05) is 39.9 Å². The Bertz CT molecular complexity index is 351. The molecule has 5 nitrogen and oxygen atoms in total. The third-order valence-corrected chi connectivity index (χ3v) is 4.43. The number of carbonyl (C=O) groups excluding carboxylic acids is 1. The first-order valence-corrected chi connectivity index (χ1v) is 8.18. The molecular formula is C16H29N3O2. The van der Waals surface area contributed by atoms with Gasteiger partial charge in [0, 0.05) is 45.4 Å². The first-order chi connectivity index (χ1) is 10.2. The lowest BCUT2D eigenvalue weighted by Crippen LogP contribution is -2.58. The fourth-order valence-electron chi connectivity index (χ4n) is 3.19. The van der Waals surface area contributed by atoms with Crippen LogP contribution < -0.4 is 5.32 Å². The summed E-state index contributed by atoms with van der Waals surface area (Å²) < 4.78 is 5.19. The SMILES string of the molecule is CCC[C@H]1CN(C(=O)NC2CC=CC2)CCN1CCOC. The lowest BCUT2D eigenvalue weighted by molar-refractivity contribution is 0.0595. The zero-order valence-electron chi connectivity index (χ0n) is 13.4. The quantitative estimate of drug-likeness (QED) is 0.761. The number of piperazine rings is 1. The predicted molar refractivity (Wildman–Crippen MR) is 84.4 cm³/mol. The molecule has 1 aliphatic heterocycles. The Kier molecular flexibility index (Phi) is 6.51. The van der Waals surface area contributed by atoms with Crippen LogP contribution in [0.2, 0.25) is 0 Å². The molecule has 1 saturated heterocycles. The summed E-state index contributed by atoms with van der Waals surface area (Å²) in [6.07, 6.45) is 8.52. The number of nitrogens with zero attached hydrogens (tertiary/aromatic N) is 2. The van der Waals surface area contributed by atoms with Crippen LogP contribution in [-0.2, 0) is 4.74 Å². The van der Waals surface area contributed by atoms with Crippen LogP contribution >= 0.6 is 0 Å². The van der Waals surface area contributed by atoms with Crippen LogP contribution in [0.4, 0.5) is 4.79 Å². The minimum absolute atomic E-state index is 0.108. The number of amides is 2. The monoisotopic (exact) mass is 295 g/mol. The van der Waals surface area contributed by atoms with Gasteiger partial charge in [-0.2, -0.15) is 0 Å². The number of ether oxygens (including phenoxy) is 1.